The van der Waals surface area contributed by atoms with Crippen molar-refractivity contribution in [2.75, 3.05) is 6.61 Å². The third-order valence-corrected chi connectivity index (χ3v) is 3.88. The summed E-state index contributed by atoms with van der Waals surface area (Å²) in [4.78, 5) is 11.8. The third-order valence-electron chi connectivity index (χ3n) is 3.88. The van der Waals surface area contributed by atoms with Crippen molar-refractivity contribution in [2.45, 2.75) is 45.3 Å². The zero-order valence-corrected chi connectivity index (χ0v) is 10.6. The van der Waals surface area contributed by atoms with Gasteiger partial charge in [0.1, 0.15) is 6.10 Å². The molecule has 0 amide bonds. The highest BCUT2D eigenvalue weighted by molar-refractivity contribution is 5.85. The zero-order chi connectivity index (χ0) is 12.4. The van der Waals surface area contributed by atoms with Crippen LogP contribution < -0.4 is 0 Å². The number of ether oxygens (including phenoxy) is 1. The molecule has 0 saturated carbocycles. The van der Waals surface area contributed by atoms with Gasteiger partial charge in [0, 0.05) is 18.9 Å². The lowest BCUT2D eigenvalue weighted by Crippen LogP contribution is -2.18. The maximum absolute atomic E-state index is 11.8. The molecule has 0 unspecified atom stereocenters. The van der Waals surface area contributed by atoms with E-state index < -0.39 is 0 Å². The molecule has 1 fully saturated rings. The number of ketones is 1. The molecule has 4 atom stereocenters. The molecule has 96 valence electrons. The van der Waals surface area contributed by atoms with E-state index in [9.17, 15) is 9.90 Å². The van der Waals surface area contributed by atoms with Crippen molar-refractivity contribution in [1.82, 2.24) is 0 Å². The summed E-state index contributed by atoms with van der Waals surface area (Å²) >= 11 is 0. The molecule has 17 heavy (non-hydrogen) atoms. The standard InChI is InChI=1S/C14H22O3/c1-9(2)11-4-3-10(8-15)7-13-14(17-13)12(16)6-5-11/h3-4,9-11,13-15H,5-8H2,1-2H3/b4-3-/t10-,11-,13+,14-/m0/s1. The lowest BCUT2D eigenvalue weighted by molar-refractivity contribution is -0.120. The molecular weight excluding hydrogens is 216 g/mol. The minimum Gasteiger partial charge on any atom is -0.396 e. The molecule has 1 aliphatic carbocycles. The molecule has 0 aromatic rings. The molecule has 1 aliphatic heterocycles. The number of carbonyl (C=O) groups excluding carboxylic acids is 1. The second-order valence-corrected chi connectivity index (χ2v) is 5.57. The van der Waals surface area contributed by atoms with E-state index in [2.05, 4.69) is 26.0 Å². The van der Waals surface area contributed by atoms with E-state index in [1.165, 1.54) is 0 Å². The fourth-order valence-corrected chi connectivity index (χ4v) is 2.52. The Bertz CT molecular complexity index is 309. The number of epoxide rings is 1. The number of allylic oxidation sites excluding steroid dienone is 1. The number of rotatable bonds is 2. The average Bonchev–Trinajstić information content (AvgIpc) is 3.05. The SMILES string of the molecule is CC(C)[C@H]1/C=C\[C@H](CO)C[C@H]2O[C@H]2C(=O)CC1. The first-order valence-corrected chi connectivity index (χ1v) is 6.59. The van der Waals surface area contributed by atoms with Crippen molar-refractivity contribution in [2.24, 2.45) is 17.8 Å². The topological polar surface area (TPSA) is 49.8 Å². The van der Waals surface area contributed by atoms with Gasteiger partial charge in [-0.2, -0.15) is 0 Å². The summed E-state index contributed by atoms with van der Waals surface area (Å²) < 4.78 is 5.39. The van der Waals surface area contributed by atoms with Crippen LogP contribution in [0.3, 0.4) is 0 Å². The van der Waals surface area contributed by atoms with Crippen LogP contribution in [0.1, 0.15) is 33.1 Å². The highest BCUT2D eigenvalue weighted by Crippen LogP contribution is 2.33. The van der Waals surface area contributed by atoms with Gasteiger partial charge >= 0.3 is 0 Å². The molecule has 0 bridgehead atoms. The number of carbonyl (C=O) groups is 1. The summed E-state index contributed by atoms with van der Waals surface area (Å²) in [6.45, 7) is 4.49. The van der Waals surface area contributed by atoms with E-state index in [0.717, 1.165) is 12.8 Å². The number of aliphatic hydroxyl groups is 1. The van der Waals surface area contributed by atoms with E-state index in [1.807, 2.05) is 0 Å². The van der Waals surface area contributed by atoms with Crippen LogP contribution in [-0.2, 0) is 9.53 Å². The second-order valence-electron chi connectivity index (χ2n) is 5.57. The highest BCUT2D eigenvalue weighted by Gasteiger charge is 2.45. The average molecular weight is 238 g/mol. The first-order valence-electron chi connectivity index (χ1n) is 6.59. The van der Waals surface area contributed by atoms with Crippen molar-refractivity contribution in [3.8, 4) is 0 Å². The van der Waals surface area contributed by atoms with E-state index in [-0.39, 0.29) is 30.5 Å². The van der Waals surface area contributed by atoms with Gasteiger partial charge in [-0.25, -0.2) is 0 Å². The Kier molecular flexibility index (Phi) is 4.00. The molecule has 1 heterocycles. The van der Waals surface area contributed by atoms with Crippen LogP contribution in [0.25, 0.3) is 0 Å². The van der Waals surface area contributed by atoms with Crippen molar-refractivity contribution < 1.29 is 14.6 Å². The summed E-state index contributed by atoms with van der Waals surface area (Å²) in [7, 11) is 0. The Morgan fingerprint density at radius 3 is 2.88 bits per heavy atom. The summed E-state index contributed by atoms with van der Waals surface area (Å²) in [6.07, 6.45) is 6.47. The van der Waals surface area contributed by atoms with Crippen molar-refractivity contribution >= 4 is 5.78 Å². The molecule has 0 spiro atoms. The Labute approximate surface area is 103 Å². The third kappa shape index (κ3) is 3.17. The van der Waals surface area contributed by atoms with Gasteiger partial charge in [0.25, 0.3) is 0 Å². The highest BCUT2D eigenvalue weighted by atomic mass is 16.6. The second kappa shape index (κ2) is 5.32. The smallest absolute Gasteiger partial charge is 0.164 e. The van der Waals surface area contributed by atoms with Crippen molar-refractivity contribution in [1.29, 1.82) is 0 Å². The van der Waals surface area contributed by atoms with Crippen LogP contribution in [0.4, 0.5) is 0 Å². The summed E-state index contributed by atoms with van der Waals surface area (Å²) in [6, 6.07) is 0. The van der Waals surface area contributed by atoms with Gasteiger partial charge in [0.15, 0.2) is 5.78 Å². The molecule has 0 aromatic heterocycles. The van der Waals surface area contributed by atoms with Gasteiger partial charge in [-0.05, 0) is 24.7 Å². The summed E-state index contributed by atoms with van der Waals surface area (Å²) in [5.74, 6) is 1.35. The number of hydrogen-bond donors (Lipinski definition) is 1. The molecule has 3 nitrogen and oxygen atoms in total. The predicted molar refractivity (Wildman–Crippen MR) is 65.6 cm³/mol. The van der Waals surface area contributed by atoms with Gasteiger partial charge in [0.05, 0.1) is 6.10 Å². The molecule has 2 aliphatic rings. The van der Waals surface area contributed by atoms with Crippen molar-refractivity contribution in [3.05, 3.63) is 12.2 Å². The molecule has 3 heteroatoms. The molecular formula is C14H22O3. The molecule has 0 radical (unpaired) electrons. The monoisotopic (exact) mass is 238 g/mol. The number of Topliss-reactive ketones (excluding diaryl/α,β-unsaturated/α-hetero) is 1. The first kappa shape index (κ1) is 12.8. The van der Waals surface area contributed by atoms with Crippen LogP contribution in [0.2, 0.25) is 0 Å². The Hall–Kier alpha value is -0.670. The number of fused-ring (bicyclic) bond motifs is 1. The van der Waals surface area contributed by atoms with E-state index in [1.54, 1.807) is 0 Å². The Morgan fingerprint density at radius 1 is 1.47 bits per heavy atom. The van der Waals surface area contributed by atoms with Crippen LogP contribution in [0.5, 0.6) is 0 Å². The molecule has 1 saturated heterocycles. The molecule has 0 aromatic carbocycles. The fourth-order valence-electron chi connectivity index (χ4n) is 2.52. The maximum Gasteiger partial charge on any atom is 0.164 e. The first-order chi connectivity index (χ1) is 8.11. The summed E-state index contributed by atoms with van der Waals surface area (Å²) in [5, 5.41) is 9.31. The van der Waals surface area contributed by atoms with Crippen LogP contribution in [0.15, 0.2) is 12.2 Å². The van der Waals surface area contributed by atoms with Gasteiger partial charge in [-0.1, -0.05) is 26.0 Å². The van der Waals surface area contributed by atoms with E-state index >= 15 is 0 Å². The fraction of sp³-hybridized carbons (Fsp3) is 0.786. The lowest BCUT2D eigenvalue weighted by Gasteiger charge is -2.18. The van der Waals surface area contributed by atoms with Gasteiger partial charge in [-0.3, -0.25) is 4.79 Å². The lowest BCUT2D eigenvalue weighted by atomic mass is 9.86. The predicted octanol–water partition coefficient (Wildman–Crippen LogP) is 1.94. The number of aliphatic hydroxyl groups excluding tert-OH is 1. The van der Waals surface area contributed by atoms with Crippen LogP contribution in [0, 0.1) is 17.8 Å². The van der Waals surface area contributed by atoms with Gasteiger partial charge in [-0.15, -0.1) is 0 Å². The molecule has 2 rings (SSSR count). The van der Waals surface area contributed by atoms with Crippen LogP contribution in [-0.4, -0.2) is 29.7 Å². The summed E-state index contributed by atoms with van der Waals surface area (Å²) in [5.41, 5.74) is 0. The van der Waals surface area contributed by atoms with E-state index in [0.29, 0.717) is 18.3 Å². The van der Waals surface area contributed by atoms with Gasteiger partial charge < -0.3 is 9.84 Å². The largest absolute Gasteiger partial charge is 0.396 e. The van der Waals surface area contributed by atoms with Crippen LogP contribution >= 0.6 is 0 Å². The minimum absolute atomic E-state index is 0.0555. The molecule has 1 N–H and O–H groups in total. The van der Waals surface area contributed by atoms with Crippen molar-refractivity contribution in [3.63, 3.8) is 0 Å². The Morgan fingerprint density at radius 2 is 2.24 bits per heavy atom. The maximum atomic E-state index is 11.8. The Balaban J connectivity index is 2.07. The van der Waals surface area contributed by atoms with Gasteiger partial charge in [0.2, 0.25) is 0 Å². The normalized spacial score (nSPS) is 39.9. The zero-order valence-electron chi connectivity index (χ0n) is 10.6. The minimum atomic E-state index is -0.177. The quantitative estimate of drug-likeness (QED) is 0.591. The van der Waals surface area contributed by atoms with E-state index in [4.69, 9.17) is 4.74 Å². The number of hydrogen-bond acceptors (Lipinski definition) is 3.